The van der Waals surface area contributed by atoms with E-state index in [1.165, 1.54) is 12.8 Å². The van der Waals surface area contributed by atoms with Crippen molar-refractivity contribution in [2.45, 2.75) is 78.6 Å². The maximum absolute atomic E-state index is 13.4. The molecule has 1 aliphatic carbocycles. The lowest BCUT2D eigenvalue weighted by Gasteiger charge is -2.40. The number of carbonyl (C=O) groups is 1. The first-order chi connectivity index (χ1) is 17.6. The van der Waals surface area contributed by atoms with Gasteiger partial charge in [0, 0.05) is 66.4 Å². The molecule has 0 bridgehead atoms. The molecule has 1 saturated carbocycles. The van der Waals surface area contributed by atoms with Crippen molar-refractivity contribution >= 4 is 23.2 Å². The van der Waals surface area contributed by atoms with Crippen molar-refractivity contribution in [3.05, 3.63) is 61.5 Å². The largest absolute Gasteiger partial charge is 0.383 e. The number of rotatable bonds is 10. The van der Waals surface area contributed by atoms with Crippen LogP contribution in [0.25, 0.3) is 0 Å². The first-order valence-corrected chi connectivity index (χ1v) is 13.7. The molecular weight excluding hydrogens is 488 g/mol. The molecule has 1 heterocycles. The first-order valence-electron chi connectivity index (χ1n) is 13.3. The number of hydrogen-bond donors (Lipinski definition) is 1. The van der Waals surface area contributed by atoms with Gasteiger partial charge in [0.25, 0.3) is 11.5 Å². The molecule has 1 aromatic heterocycles. The molecule has 37 heavy (non-hydrogen) atoms. The van der Waals surface area contributed by atoms with Gasteiger partial charge >= 0.3 is 0 Å². The Bertz CT molecular complexity index is 1150. The Hall–Kier alpha value is -2.35. The van der Waals surface area contributed by atoms with Crippen molar-refractivity contribution in [2.75, 3.05) is 39.3 Å². The summed E-state index contributed by atoms with van der Waals surface area (Å²) < 4.78 is 6.86. The van der Waals surface area contributed by atoms with E-state index in [0.717, 1.165) is 41.9 Å². The van der Waals surface area contributed by atoms with Gasteiger partial charge in [-0.3, -0.25) is 9.59 Å². The second-order valence-corrected chi connectivity index (χ2v) is 10.8. The molecule has 8 heteroatoms. The summed E-state index contributed by atoms with van der Waals surface area (Å²) in [6, 6.07) is 6.74. The van der Waals surface area contributed by atoms with Crippen molar-refractivity contribution in [3.63, 3.8) is 0 Å². The Morgan fingerprint density at radius 3 is 2.35 bits per heavy atom. The van der Waals surface area contributed by atoms with Crippen LogP contribution in [0.1, 0.15) is 65.3 Å². The number of carbonyl (C=O) groups excluding carboxylic acids is 1. The Balaban J connectivity index is 1.82. The maximum Gasteiger partial charge on any atom is 0.256 e. The number of hydrogen-bond acceptors (Lipinski definition) is 5. The number of halogens is 1. The molecule has 0 spiro atoms. The molecule has 0 unspecified atom stereocenters. The summed E-state index contributed by atoms with van der Waals surface area (Å²) >= 11 is 6.55. The van der Waals surface area contributed by atoms with E-state index in [0.29, 0.717) is 41.4 Å². The fourth-order valence-corrected chi connectivity index (χ4v) is 5.83. The molecule has 0 saturated heterocycles. The molecule has 204 valence electrons. The lowest BCUT2D eigenvalue weighted by atomic mass is 9.89. The standard InChI is InChI=1S/C29H43ClN4O3/c1-8-33(24-11-9-23(10-12-24)32(5)6)27-17-22(30)16-25(21(27)4)28(35)31-18-26-19(2)15-20(3)34(29(26)36)13-14-37-7/h15-17,23-24H,8-14,18H2,1-7H3,(H,31,35). The molecular formula is C29H43ClN4O3. The number of pyridine rings is 1. The van der Waals surface area contributed by atoms with Crippen LogP contribution in [0.2, 0.25) is 5.02 Å². The maximum atomic E-state index is 13.4. The van der Waals surface area contributed by atoms with Crippen LogP contribution in [0.4, 0.5) is 5.69 Å². The summed E-state index contributed by atoms with van der Waals surface area (Å²) in [5.41, 5.74) is 4.72. The van der Waals surface area contributed by atoms with E-state index < -0.39 is 0 Å². The van der Waals surface area contributed by atoms with Crippen LogP contribution < -0.4 is 15.8 Å². The summed E-state index contributed by atoms with van der Waals surface area (Å²) in [5.74, 6) is -0.226. The van der Waals surface area contributed by atoms with E-state index >= 15 is 0 Å². The van der Waals surface area contributed by atoms with E-state index in [9.17, 15) is 9.59 Å². The molecule has 1 aliphatic rings. The highest BCUT2D eigenvalue weighted by Gasteiger charge is 2.28. The van der Waals surface area contributed by atoms with Gasteiger partial charge in [0.15, 0.2) is 0 Å². The minimum absolute atomic E-state index is 0.0937. The predicted octanol–water partition coefficient (Wildman–Crippen LogP) is 4.70. The topological polar surface area (TPSA) is 66.8 Å². The zero-order valence-electron chi connectivity index (χ0n) is 23.5. The number of methoxy groups -OCH3 is 1. The van der Waals surface area contributed by atoms with Gasteiger partial charge in [-0.15, -0.1) is 0 Å². The van der Waals surface area contributed by atoms with Crippen molar-refractivity contribution in [3.8, 4) is 0 Å². The lowest BCUT2D eigenvalue weighted by Crippen LogP contribution is -2.42. The second-order valence-electron chi connectivity index (χ2n) is 10.4. The SMILES string of the molecule is CCN(c1cc(Cl)cc(C(=O)NCc2c(C)cc(C)n(CCOC)c2=O)c1C)C1CCC(N(C)C)CC1. The van der Waals surface area contributed by atoms with Crippen LogP contribution >= 0.6 is 11.6 Å². The van der Waals surface area contributed by atoms with Gasteiger partial charge in [0.2, 0.25) is 0 Å². The normalized spacial score (nSPS) is 17.8. The third kappa shape index (κ3) is 6.75. The average Bonchev–Trinajstić information content (AvgIpc) is 2.86. The average molecular weight is 531 g/mol. The molecule has 2 aromatic rings. The van der Waals surface area contributed by atoms with Gasteiger partial charge < -0.3 is 24.4 Å². The molecule has 0 aliphatic heterocycles. The van der Waals surface area contributed by atoms with E-state index in [1.807, 2.05) is 32.9 Å². The van der Waals surface area contributed by atoms with Crippen LogP contribution in [0.5, 0.6) is 0 Å². The summed E-state index contributed by atoms with van der Waals surface area (Å²) in [7, 11) is 5.93. The summed E-state index contributed by atoms with van der Waals surface area (Å²) in [6.07, 6.45) is 4.57. The highest BCUT2D eigenvalue weighted by Crippen LogP contribution is 2.34. The van der Waals surface area contributed by atoms with Crippen molar-refractivity contribution < 1.29 is 9.53 Å². The third-order valence-corrected chi connectivity index (χ3v) is 8.07. The first kappa shape index (κ1) is 29.2. The van der Waals surface area contributed by atoms with Gasteiger partial charge in [-0.2, -0.15) is 0 Å². The molecule has 0 atom stereocenters. The van der Waals surface area contributed by atoms with Crippen LogP contribution in [0.3, 0.4) is 0 Å². The Morgan fingerprint density at radius 2 is 1.76 bits per heavy atom. The minimum atomic E-state index is -0.226. The smallest absolute Gasteiger partial charge is 0.256 e. The number of aromatic nitrogens is 1. The number of benzene rings is 1. The number of amides is 1. The zero-order chi connectivity index (χ0) is 27.3. The number of nitrogens with zero attached hydrogens (tertiary/aromatic N) is 3. The number of aryl methyl sites for hydroxylation is 2. The number of ether oxygens (including phenoxy) is 1. The van der Waals surface area contributed by atoms with E-state index in [1.54, 1.807) is 17.7 Å². The van der Waals surface area contributed by atoms with E-state index in [-0.39, 0.29) is 18.0 Å². The number of anilines is 1. The van der Waals surface area contributed by atoms with E-state index in [4.69, 9.17) is 16.3 Å². The Labute approximate surface area is 226 Å². The van der Waals surface area contributed by atoms with Crippen LogP contribution in [0, 0.1) is 20.8 Å². The summed E-state index contributed by atoms with van der Waals surface area (Å²) in [4.78, 5) is 31.2. The van der Waals surface area contributed by atoms with Crippen molar-refractivity contribution in [1.29, 1.82) is 0 Å². The zero-order valence-corrected chi connectivity index (χ0v) is 24.2. The van der Waals surface area contributed by atoms with Gasteiger partial charge in [-0.1, -0.05) is 11.6 Å². The molecule has 1 fully saturated rings. The van der Waals surface area contributed by atoms with Gasteiger partial charge in [-0.25, -0.2) is 0 Å². The van der Waals surface area contributed by atoms with Gasteiger partial charge in [0.05, 0.1) is 6.61 Å². The molecule has 7 nitrogen and oxygen atoms in total. The number of nitrogens with one attached hydrogen (secondary N) is 1. The van der Waals surface area contributed by atoms with E-state index in [2.05, 4.69) is 36.1 Å². The Kier molecular flexibility index (Phi) is 10.2. The molecule has 0 radical (unpaired) electrons. The van der Waals surface area contributed by atoms with Crippen LogP contribution in [0.15, 0.2) is 23.0 Å². The summed E-state index contributed by atoms with van der Waals surface area (Å²) in [6.45, 7) is 9.90. The quantitative estimate of drug-likeness (QED) is 0.482. The second kappa shape index (κ2) is 12.9. The summed E-state index contributed by atoms with van der Waals surface area (Å²) in [5, 5.41) is 3.52. The highest BCUT2D eigenvalue weighted by molar-refractivity contribution is 6.31. The van der Waals surface area contributed by atoms with Crippen molar-refractivity contribution in [1.82, 2.24) is 14.8 Å². The minimum Gasteiger partial charge on any atom is -0.383 e. The highest BCUT2D eigenvalue weighted by atomic mass is 35.5. The van der Waals surface area contributed by atoms with Gasteiger partial charge in [-0.05, 0) is 96.8 Å². The molecule has 3 rings (SSSR count). The fourth-order valence-electron chi connectivity index (χ4n) is 5.62. The van der Waals surface area contributed by atoms with Gasteiger partial charge in [0.1, 0.15) is 0 Å². The molecule has 1 amide bonds. The predicted molar refractivity (Wildman–Crippen MR) is 152 cm³/mol. The Morgan fingerprint density at radius 1 is 1.11 bits per heavy atom. The van der Waals surface area contributed by atoms with Crippen LogP contribution in [-0.4, -0.2) is 61.8 Å². The lowest BCUT2D eigenvalue weighted by molar-refractivity contribution is 0.0950. The monoisotopic (exact) mass is 530 g/mol. The fraction of sp³-hybridized carbons (Fsp3) is 0.586. The third-order valence-electron chi connectivity index (χ3n) is 7.85. The molecule has 1 N–H and O–H groups in total. The molecule has 1 aromatic carbocycles. The van der Waals surface area contributed by atoms with Crippen molar-refractivity contribution in [2.24, 2.45) is 0 Å². The van der Waals surface area contributed by atoms with Crippen LogP contribution in [-0.2, 0) is 17.8 Å².